The van der Waals surface area contributed by atoms with Crippen molar-refractivity contribution < 1.29 is 13.9 Å². The summed E-state index contributed by atoms with van der Waals surface area (Å²) in [6, 6.07) is 2.07. The molecule has 1 heterocycles. The number of aromatic hydroxyl groups is 1. The lowest BCUT2D eigenvalue weighted by Crippen LogP contribution is -1.96. The summed E-state index contributed by atoms with van der Waals surface area (Å²) in [4.78, 5) is 0. The zero-order valence-corrected chi connectivity index (χ0v) is 9.33. The van der Waals surface area contributed by atoms with Gasteiger partial charge in [0.15, 0.2) is 17.4 Å². The molecule has 88 valence electrons. The summed E-state index contributed by atoms with van der Waals surface area (Å²) in [6.45, 7) is 3.63. The van der Waals surface area contributed by atoms with Crippen molar-refractivity contribution in [2.24, 2.45) is 0 Å². The highest BCUT2D eigenvalue weighted by atomic mass is 19.1. The van der Waals surface area contributed by atoms with E-state index in [0.29, 0.717) is 5.69 Å². The van der Waals surface area contributed by atoms with Gasteiger partial charge in [-0.05, 0) is 37.1 Å². The van der Waals surface area contributed by atoms with E-state index in [-0.39, 0.29) is 5.56 Å². The Morgan fingerprint density at radius 3 is 2.29 bits per heavy atom. The van der Waals surface area contributed by atoms with Gasteiger partial charge >= 0.3 is 0 Å². The molecule has 0 radical (unpaired) electrons. The van der Waals surface area contributed by atoms with Gasteiger partial charge in [0.1, 0.15) is 0 Å². The van der Waals surface area contributed by atoms with Crippen LogP contribution in [0.5, 0.6) is 5.75 Å². The molecule has 0 aliphatic carbocycles. The number of phenols is 1. The van der Waals surface area contributed by atoms with Crippen LogP contribution in [0.15, 0.2) is 18.3 Å². The number of aryl methyl sites for hydroxylation is 1. The maximum atomic E-state index is 13.2. The van der Waals surface area contributed by atoms with Gasteiger partial charge in [0.05, 0.1) is 11.9 Å². The summed E-state index contributed by atoms with van der Waals surface area (Å²) in [5, 5.41) is 16.6. The molecule has 17 heavy (non-hydrogen) atoms. The lowest BCUT2D eigenvalue weighted by Gasteiger charge is -2.07. The molecule has 1 aromatic carbocycles. The SMILES string of the molecule is Cc1cnnc(-c2cc(F)c(O)c(F)c2)c1C. The third-order valence-electron chi connectivity index (χ3n) is 2.65. The molecule has 0 spiro atoms. The predicted octanol–water partition coefficient (Wildman–Crippen LogP) is 2.74. The Kier molecular flexibility index (Phi) is 2.75. The van der Waals surface area contributed by atoms with E-state index >= 15 is 0 Å². The molecule has 2 aromatic rings. The number of benzene rings is 1. The fraction of sp³-hybridized carbons (Fsp3) is 0.167. The van der Waals surface area contributed by atoms with Gasteiger partial charge in [0.25, 0.3) is 0 Å². The lowest BCUT2D eigenvalue weighted by atomic mass is 10.0. The molecule has 1 aromatic heterocycles. The molecule has 2 rings (SSSR count). The quantitative estimate of drug-likeness (QED) is 0.828. The van der Waals surface area contributed by atoms with E-state index in [0.717, 1.165) is 23.3 Å². The number of aromatic nitrogens is 2. The molecule has 0 atom stereocenters. The molecule has 0 saturated heterocycles. The average Bonchev–Trinajstić information content (AvgIpc) is 2.29. The Morgan fingerprint density at radius 2 is 1.71 bits per heavy atom. The van der Waals surface area contributed by atoms with Gasteiger partial charge < -0.3 is 5.11 Å². The minimum absolute atomic E-state index is 0.256. The van der Waals surface area contributed by atoms with Crippen molar-refractivity contribution in [1.29, 1.82) is 0 Å². The van der Waals surface area contributed by atoms with Gasteiger partial charge in [0, 0.05) is 5.56 Å². The second-order valence-electron chi connectivity index (χ2n) is 3.79. The molecule has 0 amide bonds. The smallest absolute Gasteiger partial charge is 0.187 e. The Balaban J connectivity index is 2.65. The van der Waals surface area contributed by atoms with Crippen LogP contribution in [0.3, 0.4) is 0 Å². The minimum Gasteiger partial charge on any atom is -0.503 e. The number of hydrogen-bond donors (Lipinski definition) is 1. The van der Waals surface area contributed by atoms with Crippen molar-refractivity contribution in [3.63, 3.8) is 0 Å². The lowest BCUT2D eigenvalue weighted by molar-refractivity contribution is 0.396. The summed E-state index contributed by atoms with van der Waals surface area (Å²) in [5.41, 5.74) is 2.34. The van der Waals surface area contributed by atoms with Crippen LogP contribution in [-0.2, 0) is 0 Å². The fourth-order valence-corrected chi connectivity index (χ4v) is 1.51. The number of halogens is 2. The zero-order valence-electron chi connectivity index (χ0n) is 9.33. The monoisotopic (exact) mass is 236 g/mol. The Labute approximate surface area is 96.8 Å². The molecule has 0 saturated carbocycles. The van der Waals surface area contributed by atoms with Crippen LogP contribution in [0.4, 0.5) is 8.78 Å². The van der Waals surface area contributed by atoms with E-state index in [1.807, 2.05) is 6.92 Å². The molecule has 0 unspecified atom stereocenters. The van der Waals surface area contributed by atoms with Crippen LogP contribution < -0.4 is 0 Å². The molecule has 0 bridgehead atoms. The Morgan fingerprint density at radius 1 is 1.12 bits per heavy atom. The zero-order chi connectivity index (χ0) is 12.6. The summed E-state index contributed by atoms with van der Waals surface area (Å²) >= 11 is 0. The first kappa shape index (κ1) is 11.4. The van der Waals surface area contributed by atoms with E-state index in [4.69, 9.17) is 5.11 Å². The van der Waals surface area contributed by atoms with E-state index in [9.17, 15) is 8.78 Å². The molecular formula is C12H10F2N2O. The van der Waals surface area contributed by atoms with Gasteiger partial charge in [-0.15, -0.1) is 0 Å². The second kappa shape index (κ2) is 4.08. The highest BCUT2D eigenvalue weighted by Crippen LogP contribution is 2.28. The first-order valence-corrected chi connectivity index (χ1v) is 4.98. The maximum absolute atomic E-state index is 13.2. The number of phenolic OH excluding ortho intramolecular Hbond substituents is 1. The van der Waals surface area contributed by atoms with Gasteiger partial charge in [-0.1, -0.05) is 0 Å². The van der Waals surface area contributed by atoms with Crippen LogP contribution in [0, 0.1) is 25.5 Å². The van der Waals surface area contributed by atoms with Crippen molar-refractivity contribution >= 4 is 0 Å². The normalized spacial score (nSPS) is 10.6. The fourth-order valence-electron chi connectivity index (χ4n) is 1.51. The minimum atomic E-state index is -1.01. The Hall–Kier alpha value is -2.04. The number of nitrogens with zero attached hydrogens (tertiary/aromatic N) is 2. The van der Waals surface area contributed by atoms with Gasteiger partial charge in [-0.3, -0.25) is 0 Å². The van der Waals surface area contributed by atoms with Crippen molar-refractivity contribution in [1.82, 2.24) is 10.2 Å². The van der Waals surface area contributed by atoms with Crippen LogP contribution in [0.2, 0.25) is 0 Å². The molecule has 0 aliphatic rings. The van der Waals surface area contributed by atoms with Crippen LogP contribution in [-0.4, -0.2) is 15.3 Å². The maximum Gasteiger partial charge on any atom is 0.187 e. The van der Waals surface area contributed by atoms with Crippen LogP contribution in [0.25, 0.3) is 11.3 Å². The summed E-state index contributed by atoms with van der Waals surface area (Å²) in [7, 11) is 0. The number of rotatable bonds is 1. The van der Waals surface area contributed by atoms with Crippen molar-refractivity contribution in [3.05, 3.63) is 41.1 Å². The number of hydrogen-bond acceptors (Lipinski definition) is 3. The second-order valence-corrected chi connectivity index (χ2v) is 3.79. The van der Waals surface area contributed by atoms with Gasteiger partial charge in [0.2, 0.25) is 0 Å². The average molecular weight is 236 g/mol. The van der Waals surface area contributed by atoms with Crippen molar-refractivity contribution in [2.75, 3.05) is 0 Å². The standard InChI is InChI=1S/C12H10F2N2O/c1-6-5-15-16-11(7(6)2)8-3-9(13)12(17)10(14)4-8/h3-5,17H,1-2H3. The largest absolute Gasteiger partial charge is 0.503 e. The van der Waals surface area contributed by atoms with Crippen molar-refractivity contribution in [3.8, 4) is 17.0 Å². The van der Waals surface area contributed by atoms with E-state index in [2.05, 4.69) is 10.2 Å². The van der Waals surface area contributed by atoms with Gasteiger partial charge in [-0.25, -0.2) is 8.78 Å². The highest BCUT2D eigenvalue weighted by Gasteiger charge is 2.13. The molecule has 1 N–H and O–H groups in total. The van der Waals surface area contributed by atoms with Crippen molar-refractivity contribution in [2.45, 2.75) is 13.8 Å². The topological polar surface area (TPSA) is 46.0 Å². The summed E-state index contributed by atoms with van der Waals surface area (Å²) in [5.74, 6) is -3.00. The molecule has 0 aliphatic heterocycles. The summed E-state index contributed by atoms with van der Waals surface area (Å²) < 4.78 is 26.4. The predicted molar refractivity (Wildman–Crippen MR) is 58.5 cm³/mol. The van der Waals surface area contributed by atoms with Crippen LogP contribution >= 0.6 is 0 Å². The highest BCUT2D eigenvalue weighted by molar-refractivity contribution is 5.64. The third kappa shape index (κ3) is 1.95. The van der Waals surface area contributed by atoms with E-state index in [1.165, 1.54) is 0 Å². The first-order chi connectivity index (χ1) is 8.00. The third-order valence-corrected chi connectivity index (χ3v) is 2.65. The van der Waals surface area contributed by atoms with E-state index in [1.54, 1.807) is 13.1 Å². The summed E-state index contributed by atoms with van der Waals surface area (Å²) in [6.07, 6.45) is 1.58. The van der Waals surface area contributed by atoms with E-state index < -0.39 is 17.4 Å². The first-order valence-electron chi connectivity index (χ1n) is 4.98. The Bertz CT molecular complexity index is 562. The molecular weight excluding hydrogens is 226 g/mol. The molecule has 0 fully saturated rings. The molecule has 3 nitrogen and oxygen atoms in total. The van der Waals surface area contributed by atoms with Crippen LogP contribution in [0.1, 0.15) is 11.1 Å². The van der Waals surface area contributed by atoms with Gasteiger partial charge in [-0.2, -0.15) is 10.2 Å². The molecule has 5 heteroatoms.